The van der Waals surface area contributed by atoms with E-state index in [0.717, 1.165) is 0 Å². The van der Waals surface area contributed by atoms with Crippen LogP contribution in [-0.2, 0) is 9.53 Å². The molecule has 3 N–H and O–H groups in total. The molecular weight excluding hydrogens is 286 g/mol. The minimum atomic E-state index is -0.720. The summed E-state index contributed by atoms with van der Waals surface area (Å²) in [7, 11) is 1.48. The molecule has 5 nitrogen and oxygen atoms in total. The molecule has 0 aromatic heterocycles. The fraction of sp³-hybridized carbons (Fsp3) is 0.273. The maximum Gasteiger partial charge on any atom is 0.243 e. The lowest BCUT2D eigenvalue weighted by Crippen LogP contribution is -2.39. The van der Waals surface area contributed by atoms with Crippen LogP contribution in [0.3, 0.4) is 0 Å². The first kappa shape index (κ1) is 13.6. The average Bonchev–Trinajstić information content (AvgIpc) is 2.31. The van der Waals surface area contributed by atoms with Crippen molar-refractivity contribution in [2.75, 3.05) is 19.0 Å². The van der Waals surface area contributed by atoms with Crippen LogP contribution in [-0.4, -0.2) is 25.7 Å². The lowest BCUT2D eigenvalue weighted by atomic mass is 10.2. The molecule has 1 aromatic carbocycles. The van der Waals surface area contributed by atoms with Crippen molar-refractivity contribution < 1.29 is 9.53 Å². The summed E-state index contributed by atoms with van der Waals surface area (Å²) in [6.45, 7) is 0.153. The number of nitrogens with two attached hydrogens (primary N) is 1. The third-order valence-electron chi connectivity index (χ3n) is 2.04. The van der Waals surface area contributed by atoms with E-state index >= 15 is 0 Å². The SMILES string of the molecule is COCC(N)C(=O)Nc1ccc(C#N)cc1Br. The molecule has 0 radical (unpaired) electrons. The number of amides is 1. The molecule has 1 aromatic rings. The maximum atomic E-state index is 11.6. The number of hydrogen-bond donors (Lipinski definition) is 2. The number of nitrogens with zero attached hydrogens (tertiary/aromatic N) is 1. The van der Waals surface area contributed by atoms with Crippen LogP contribution in [0.2, 0.25) is 0 Å². The standard InChI is InChI=1S/C11H12BrN3O2/c1-17-6-9(14)11(16)15-10-3-2-7(5-13)4-8(10)12/h2-4,9H,6,14H2,1H3,(H,15,16). The van der Waals surface area contributed by atoms with Gasteiger partial charge in [0.25, 0.3) is 0 Å². The number of anilines is 1. The van der Waals surface area contributed by atoms with Crippen molar-refractivity contribution >= 4 is 27.5 Å². The van der Waals surface area contributed by atoms with Crippen molar-refractivity contribution in [3.63, 3.8) is 0 Å². The van der Waals surface area contributed by atoms with Crippen molar-refractivity contribution in [3.8, 4) is 6.07 Å². The van der Waals surface area contributed by atoms with Gasteiger partial charge in [0.2, 0.25) is 5.91 Å². The number of hydrogen-bond acceptors (Lipinski definition) is 4. The van der Waals surface area contributed by atoms with Crippen LogP contribution in [0.5, 0.6) is 0 Å². The topological polar surface area (TPSA) is 88.1 Å². The van der Waals surface area contributed by atoms with Crippen molar-refractivity contribution in [1.82, 2.24) is 0 Å². The van der Waals surface area contributed by atoms with E-state index in [1.165, 1.54) is 7.11 Å². The van der Waals surface area contributed by atoms with Crippen LogP contribution < -0.4 is 11.1 Å². The highest BCUT2D eigenvalue weighted by molar-refractivity contribution is 9.10. The molecule has 0 bridgehead atoms. The number of carbonyl (C=O) groups is 1. The first-order valence-electron chi connectivity index (χ1n) is 4.83. The highest BCUT2D eigenvalue weighted by Crippen LogP contribution is 2.23. The number of nitrogens with one attached hydrogen (secondary N) is 1. The van der Waals surface area contributed by atoms with Crippen LogP contribution in [0, 0.1) is 11.3 Å². The average molecular weight is 298 g/mol. The van der Waals surface area contributed by atoms with E-state index in [1.54, 1.807) is 18.2 Å². The quantitative estimate of drug-likeness (QED) is 0.875. The number of nitriles is 1. The summed E-state index contributed by atoms with van der Waals surface area (Å²) in [5.41, 5.74) is 6.66. The van der Waals surface area contributed by atoms with Gasteiger partial charge in [-0.3, -0.25) is 4.79 Å². The summed E-state index contributed by atoms with van der Waals surface area (Å²) in [5.74, 6) is -0.336. The molecular formula is C11H12BrN3O2. The Hall–Kier alpha value is -1.42. The van der Waals surface area contributed by atoms with Gasteiger partial charge in [-0.05, 0) is 34.1 Å². The summed E-state index contributed by atoms with van der Waals surface area (Å²) in [6.07, 6.45) is 0. The molecule has 0 heterocycles. The monoisotopic (exact) mass is 297 g/mol. The van der Waals surface area contributed by atoms with E-state index in [2.05, 4.69) is 21.2 Å². The molecule has 1 amide bonds. The fourth-order valence-corrected chi connectivity index (χ4v) is 1.64. The summed E-state index contributed by atoms with van der Waals surface area (Å²) in [4.78, 5) is 11.6. The van der Waals surface area contributed by atoms with Gasteiger partial charge < -0.3 is 15.8 Å². The molecule has 0 aliphatic rings. The lowest BCUT2D eigenvalue weighted by molar-refractivity contribution is -0.118. The Labute approximate surface area is 108 Å². The van der Waals surface area contributed by atoms with Gasteiger partial charge in [0, 0.05) is 11.6 Å². The zero-order valence-electron chi connectivity index (χ0n) is 9.24. The Bertz CT molecular complexity index is 457. The summed E-state index contributed by atoms with van der Waals surface area (Å²) in [5, 5.41) is 11.3. The highest BCUT2D eigenvalue weighted by Gasteiger charge is 2.14. The van der Waals surface area contributed by atoms with Gasteiger partial charge in [0.15, 0.2) is 0 Å². The first-order valence-corrected chi connectivity index (χ1v) is 5.62. The van der Waals surface area contributed by atoms with Crippen molar-refractivity contribution in [1.29, 1.82) is 5.26 Å². The van der Waals surface area contributed by atoms with Crippen molar-refractivity contribution in [3.05, 3.63) is 28.2 Å². The number of ether oxygens (including phenoxy) is 1. The number of carbonyl (C=O) groups excluding carboxylic acids is 1. The van der Waals surface area contributed by atoms with Crippen LogP contribution in [0.25, 0.3) is 0 Å². The molecule has 0 fully saturated rings. The van der Waals surface area contributed by atoms with Gasteiger partial charge in [-0.2, -0.15) is 5.26 Å². The van der Waals surface area contributed by atoms with Gasteiger partial charge in [-0.15, -0.1) is 0 Å². The number of halogens is 1. The van der Waals surface area contributed by atoms with Gasteiger partial charge in [-0.25, -0.2) is 0 Å². The molecule has 17 heavy (non-hydrogen) atoms. The Morgan fingerprint density at radius 1 is 1.71 bits per heavy atom. The van der Waals surface area contributed by atoms with Crippen molar-refractivity contribution in [2.45, 2.75) is 6.04 Å². The van der Waals surface area contributed by atoms with E-state index in [1.807, 2.05) is 6.07 Å². The third-order valence-corrected chi connectivity index (χ3v) is 2.70. The van der Waals surface area contributed by atoms with Gasteiger partial charge >= 0.3 is 0 Å². The zero-order chi connectivity index (χ0) is 12.8. The molecule has 6 heteroatoms. The predicted octanol–water partition coefficient (Wildman–Crippen LogP) is 1.23. The fourth-order valence-electron chi connectivity index (χ4n) is 1.17. The Balaban J connectivity index is 2.76. The minimum Gasteiger partial charge on any atom is -0.383 e. The Kier molecular flexibility index (Phi) is 5.10. The molecule has 1 atom stereocenters. The molecule has 1 rings (SSSR count). The smallest absolute Gasteiger partial charge is 0.243 e. The van der Waals surface area contributed by atoms with E-state index in [9.17, 15) is 4.79 Å². The van der Waals surface area contributed by atoms with E-state index in [0.29, 0.717) is 15.7 Å². The van der Waals surface area contributed by atoms with Crippen LogP contribution in [0.1, 0.15) is 5.56 Å². The molecule has 0 saturated carbocycles. The van der Waals surface area contributed by atoms with Gasteiger partial charge in [0.1, 0.15) is 6.04 Å². The van der Waals surface area contributed by atoms with Crippen LogP contribution in [0.4, 0.5) is 5.69 Å². The highest BCUT2D eigenvalue weighted by atomic mass is 79.9. The van der Waals surface area contributed by atoms with Crippen LogP contribution in [0.15, 0.2) is 22.7 Å². The largest absolute Gasteiger partial charge is 0.383 e. The van der Waals surface area contributed by atoms with E-state index in [4.69, 9.17) is 15.7 Å². The minimum absolute atomic E-state index is 0.153. The second kappa shape index (κ2) is 6.35. The Morgan fingerprint density at radius 3 is 2.94 bits per heavy atom. The lowest BCUT2D eigenvalue weighted by Gasteiger charge is -2.12. The van der Waals surface area contributed by atoms with E-state index < -0.39 is 6.04 Å². The third kappa shape index (κ3) is 3.82. The molecule has 0 aliphatic heterocycles. The first-order chi connectivity index (χ1) is 8.08. The molecule has 0 aliphatic carbocycles. The number of methoxy groups -OCH3 is 1. The van der Waals surface area contributed by atoms with Gasteiger partial charge in [-0.1, -0.05) is 0 Å². The maximum absolute atomic E-state index is 11.6. The summed E-state index contributed by atoms with van der Waals surface area (Å²) in [6, 6.07) is 6.16. The van der Waals surface area contributed by atoms with Crippen molar-refractivity contribution in [2.24, 2.45) is 5.73 Å². The zero-order valence-corrected chi connectivity index (χ0v) is 10.8. The van der Waals surface area contributed by atoms with Gasteiger partial charge in [0.05, 0.1) is 23.9 Å². The summed E-state index contributed by atoms with van der Waals surface area (Å²) >= 11 is 3.27. The molecule has 90 valence electrons. The number of rotatable bonds is 4. The second-order valence-electron chi connectivity index (χ2n) is 3.36. The Morgan fingerprint density at radius 2 is 2.41 bits per heavy atom. The summed E-state index contributed by atoms with van der Waals surface area (Å²) < 4.78 is 5.42. The molecule has 0 saturated heterocycles. The predicted molar refractivity (Wildman–Crippen MR) is 67.3 cm³/mol. The molecule has 1 unspecified atom stereocenters. The second-order valence-corrected chi connectivity index (χ2v) is 4.21. The van der Waals surface area contributed by atoms with E-state index in [-0.39, 0.29) is 12.5 Å². The normalized spacial score (nSPS) is 11.6. The number of benzene rings is 1. The molecule has 0 spiro atoms. The van der Waals surface area contributed by atoms with Crippen LogP contribution >= 0.6 is 15.9 Å².